The molecule has 0 amide bonds. The quantitative estimate of drug-likeness (QED) is 0.895. The normalized spacial score (nSPS) is 12.0. The highest BCUT2D eigenvalue weighted by molar-refractivity contribution is 5.41. The molecule has 0 fully saturated rings. The van der Waals surface area contributed by atoms with E-state index in [0.29, 0.717) is 23.7 Å². The highest BCUT2D eigenvalue weighted by atomic mass is 19.1. The topological polar surface area (TPSA) is 44.5 Å². The molecule has 0 unspecified atom stereocenters. The average molecular weight is 275 g/mol. The third-order valence-electron chi connectivity index (χ3n) is 2.83. The first-order valence-electron chi connectivity index (χ1n) is 6.56. The van der Waals surface area contributed by atoms with Crippen molar-refractivity contribution in [2.24, 2.45) is 5.73 Å². The first-order valence-corrected chi connectivity index (χ1v) is 6.56. The van der Waals surface area contributed by atoms with Crippen molar-refractivity contribution in [3.63, 3.8) is 0 Å². The van der Waals surface area contributed by atoms with Crippen LogP contribution in [0.25, 0.3) is 0 Å². The van der Waals surface area contributed by atoms with Gasteiger partial charge in [0.05, 0.1) is 6.61 Å². The fourth-order valence-corrected chi connectivity index (χ4v) is 1.95. The average Bonchev–Trinajstić information content (AvgIpc) is 2.41. The number of hydrogen-bond donors (Lipinski definition) is 1. The van der Waals surface area contributed by atoms with E-state index < -0.39 is 6.04 Å². The fourth-order valence-electron chi connectivity index (χ4n) is 1.95. The summed E-state index contributed by atoms with van der Waals surface area (Å²) in [5.74, 6) is 1.46. The number of benzene rings is 2. The molecule has 106 valence electrons. The zero-order chi connectivity index (χ0) is 14.5. The number of hydrogen-bond acceptors (Lipinski definition) is 3. The van der Waals surface area contributed by atoms with Crippen LogP contribution in [0.5, 0.6) is 17.2 Å². The SMILES string of the molecule is CCOc1ccc(Oc2cccc(F)c2[C@@H](C)N)cc1. The molecule has 0 aliphatic carbocycles. The van der Waals surface area contributed by atoms with Gasteiger partial charge < -0.3 is 15.2 Å². The molecule has 3 nitrogen and oxygen atoms in total. The van der Waals surface area contributed by atoms with Crippen LogP contribution in [0.15, 0.2) is 42.5 Å². The summed E-state index contributed by atoms with van der Waals surface area (Å²) in [4.78, 5) is 0. The minimum atomic E-state index is -0.436. The van der Waals surface area contributed by atoms with Crippen LogP contribution in [0.2, 0.25) is 0 Å². The predicted octanol–water partition coefficient (Wildman–Crippen LogP) is 4.04. The second kappa shape index (κ2) is 6.39. The minimum Gasteiger partial charge on any atom is -0.494 e. The van der Waals surface area contributed by atoms with E-state index in [1.54, 1.807) is 31.2 Å². The molecule has 0 aliphatic heterocycles. The van der Waals surface area contributed by atoms with Crippen molar-refractivity contribution >= 4 is 0 Å². The molecule has 2 rings (SSSR count). The predicted molar refractivity (Wildman–Crippen MR) is 76.7 cm³/mol. The molecule has 0 saturated heterocycles. The van der Waals surface area contributed by atoms with E-state index in [4.69, 9.17) is 15.2 Å². The lowest BCUT2D eigenvalue weighted by molar-refractivity contribution is 0.339. The Balaban J connectivity index is 2.23. The van der Waals surface area contributed by atoms with Crippen LogP contribution in [0.4, 0.5) is 4.39 Å². The van der Waals surface area contributed by atoms with Gasteiger partial charge in [-0.1, -0.05) is 6.07 Å². The molecule has 2 N–H and O–H groups in total. The summed E-state index contributed by atoms with van der Waals surface area (Å²) in [5, 5.41) is 0. The zero-order valence-corrected chi connectivity index (χ0v) is 11.6. The lowest BCUT2D eigenvalue weighted by atomic mass is 10.1. The van der Waals surface area contributed by atoms with E-state index in [1.165, 1.54) is 6.07 Å². The maximum atomic E-state index is 13.8. The summed E-state index contributed by atoms with van der Waals surface area (Å²) in [5.41, 5.74) is 6.17. The molecule has 0 spiro atoms. The molecule has 0 heterocycles. The van der Waals surface area contributed by atoms with E-state index in [-0.39, 0.29) is 5.82 Å². The Bertz CT molecular complexity index is 567. The van der Waals surface area contributed by atoms with Gasteiger partial charge in [-0.15, -0.1) is 0 Å². The van der Waals surface area contributed by atoms with Gasteiger partial charge in [0.25, 0.3) is 0 Å². The van der Waals surface area contributed by atoms with Crippen molar-refractivity contribution < 1.29 is 13.9 Å². The Kier molecular flexibility index (Phi) is 4.58. The smallest absolute Gasteiger partial charge is 0.135 e. The van der Waals surface area contributed by atoms with Crippen molar-refractivity contribution in [2.75, 3.05) is 6.61 Å². The van der Waals surface area contributed by atoms with Crippen molar-refractivity contribution in [3.8, 4) is 17.2 Å². The van der Waals surface area contributed by atoms with Crippen LogP contribution in [0.1, 0.15) is 25.5 Å². The molecule has 1 atom stereocenters. The Morgan fingerprint density at radius 2 is 1.75 bits per heavy atom. The Morgan fingerprint density at radius 3 is 2.35 bits per heavy atom. The van der Waals surface area contributed by atoms with Gasteiger partial charge in [-0.3, -0.25) is 0 Å². The van der Waals surface area contributed by atoms with Gasteiger partial charge in [0.15, 0.2) is 0 Å². The van der Waals surface area contributed by atoms with Crippen molar-refractivity contribution in [1.29, 1.82) is 0 Å². The van der Waals surface area contributed by atoms with E-state index >= 15 is 0 Å². The Labute approximate surface area is 118 Å². The summed E-state index contributed by atoms with van der Waals surface area (Å²) < 4.78 is 24.9. The summed E-state index contributed by atoms with van der Waals surface area (Å²) in [6.45, 7) is 4.26. The summed E-state index contributed by atoms with van der Waals surface area (Å²) in [6.07, 6.45) is 0. The molecular formula is C16H18FNO2. The maximum Gasteiger partial charge on any atom is 0.135 e. The number of rotatable bonds is 5. The minimum absolute atomic E-state index is 0.358. The zero-order valence-electron chi connectivity index (χ0n) is 11.6. The van der Waals surface area contributed by atoms with Crippen LogP contribution in [0.3, 0.4) is 0 Å². The third kappa shape index (κ3) is 3.27. The molecular weight excluding hydrogens is 257 g/mol. The first kappa shape index (κ1) is 14.3. The third-order valence-corrected chi connectivity index (χ3v) is 2.83. The molecule has 20 heavy (non-hydrogen) atoms. The molecule has 4 heteroatoms. The van der Waals surface area contributed by atoms with E-state index in [2.05, 4.69) is 0 Å². The van der Waals surface area contributed by atoms with Crippen molar-refractivity contribution in [3.05, 3.63) is 53.8 Å². The van der Waals surface area contributed by atoms with E-state index in [0.717, 1.165) is 5.75 Å². The van der Waals surface area contributed by atoms with E-state index in [9.17, 15) is 4.39 Å². The van der Waals surface area contributed by atoms with Crippen LogP contribution in [0, 0.1) is 5.82 Å². The second-order valence-corrected chi connectivity index (χ2v) is 4.45. The van der Waals surface area contributed by atoms with Gasteiger partial charge in [0.2, 0.25) is 0 Å². The van der Waals surface area contributed by atoms with Crippen molar-refractivity contribution in [1.82, 2.24) is 0 Å². The summed E-state index contributed by atoms with van der Waals surface area (Å²) >= 11 is 0. The Hall–Kier alpha value is -2.07. The van der Waals surface area contributed by atoms with Gasteiger partial charge in [-0.25, -0.2) is 4.39 Å². The fraction of sp³-hybridized carbons (Fsp3) is 0.250. The highest BCUT2D eigenvalue weighted by Gasteiger charge is 2.14. The monoisotopic (exact) mass is 275 g/mol. The van der Waals surface area contributed by atoms with Crippen LogP contribution >= 0.6 is 0 Å². The molecule has 0 radical (unpaired) electrons. The van der Waals surface area contributed by atoms with Crippen LogP contribution < -0.4 is 15.2 Å². The maximum absolute atomic E-state index is 13.8. The highest BCUT2D eigenvalue weighted by Crippen LogP contribution is 2.31. The first-order chi connectivity index (χ1) is 9.61. The molecule has 0 saturated carbocycles. The molecule has 0 aliphatic rings. The number of ether oxygens (including phenoxy) is 2. The molecule has 2 aromatic carbocycles. The van der Waals surface area contributed by atoms with Gasteiger partial charge in [0, 0.05) is 11.6 Å². The second-order valence-electron chi connectivity index (χ2n) is 4.45. The lowest BCUT2D eigenvalue weighted by Gasteiger charge is -2.14. The van der Waals surface area contributed by atoms with Gasteiger partial charge >= 0.3 is 0 Å². The Morgan fingerprint density at radius 1 is 1.10 bits per heavy atom. The summed E-state index contributed by atoms with van der Waals surface area (Å²) in [6, 6.07) is 11.4. The molecule has 2 aromatic rings. The largest absolute Gasteiger partial charge is 0.494 e. The van der Waals surface area contributed by atoms with E-state index in [1.807, 2.05) is 19.1 Å². The van der Waals surface area contributed by atoms with Gasteiger partial charge in [-0.2, -0.15) is 0 Å². The number of halogens is 1. The number of nitrogens with two attached hydrogens (primary N) is 1. The molecule has 0 bridgehead atoms. The van der Waals surface area contributed by atoms with Gasteiger partial charge in [0.1, 0.15) is 23.1 Å². The standard InChI is InChI=1S/C16H18FNO2/c1-3-19-12-7-9-13(10-8-12)20-15-6-4-5-14(17)16(15)11(2)18/h4-11H,3,18H2,1-2H3/t11-/m1/s1. The lowest BCUT2D eigenvalue weighted by Crippen LogP contribution is -2.09. The van der Waals surface area contributed by atoms with Gasteiger partial charge in [-0.05, 0) is 50.2 Å². The summed E-state index contributed by atoms with van der Waals surface area (Å²) in [7, 11) is 0. The van der Waals surface area contributed by atoms with Crippen molar-refractivity contribution in [2.45, 2.75) is 19.9 Å². The molecule has 0 aromatic heterocycles. The van der Waals surface area contributed by atoms with Crippen LogP contribution in [-0.2, 0) is 0 Å². The van der Waals surface area contributed by atoms with Crippen LogP contribution in [-0.4, -0.2) is 6.61 Å².